The SMILES string of the molecule is CCOC(=O)c1ccc(C)c(N2C=C(c3cncn3C)CN2)c1. The van der Waals surface area contributed by atoms with Crippen LogP contribution >= 0.6 is 0 Å². The Kier molecular flexibility index (Phi) is 4.16. The van der Waals surface area contributed by atoms with Gasteiger partial charge < -0.3 is 9.30 Å². The Labute approximate surface area is 135 Å². The number of aryl methyl sites for hydroxylation is 2. The van der Waals surface area contributed by atoms with Crippen LogP contribution in [0.25, 0.3) is 5.57 Å². The standard InChI is InChI=1S/C17H20N4O2/c1-4-23-17(22)13-6-5-12(2)15(7-13)21-10-14(8-19-21)16-9-18-11-20(16)3/h5-7,9-11,19H,4,8H2,1-3H3. The van der Waals surface area contributed by atoms with Crippen LogP contribution in [0, 0.1) is 6.92 Å². The Morgan fingerprint density at radius 3 is 2.96 bits per heavy atom. The fourth-order valence-corrected chi connectivity index (χ4v) is 2.61. The molecule has 1 aromatic heterocycles. The zero-order chi connectivity index (χ0) is 16.4. The largest absolute Gasteiger partial charge is 0.462 e. The molecule has 6 nitrogen and oxygen atoms in total. The number of esters is 1. The maximum atomic E-state index is 11.9. The van der Waals surface area contributed by atoms with Gasteiger partial charge in [0, 0.05) is 25.4 Å². The van der Waals surface area contributed by atoms with Crippen molar-refractivity contribution in [3.8, 4) is 0 Å². The van der Waals surface area contributed by atoms with E-state index in [1.165, 1.54) is 0 Å². The molecule has 1 aromatic carbocycles. The Morgan fingerprint density at radius 1 is 1.43 bits per heavy atom. The third-order valence-electron chi connectivity index (χ3n) is 3.85. The maximum Gasteiger partial charge on any atom is 0.338 e. The number of ether oxygens (including phenoxy) is 1. The summed E-state index contributed by atoms with van der Waals surface area (Å²) in [6.07, 6.45) is 5.67. The summed E-state index contributed by atoms with van der Waals surface area (Å²) in [6, 6.07) is 5.57. The summed E-state index contributed by atoms with van der Waals surface area (Å²) in [5, 5.41) is 1.94. The number of aromatic nitrogens is 2. The van der Waals surface area contributed by atoms with Gasteiger partial charge in [0.05, 0.1) is 36.1 Å². The number of carbonyl (C=O) groups excluding carboxylic acids is 1. The van der Waals surface area contributed by atoms with Crippen molar-refractivity contribution in [3.63, 3.8) is 0 Å². The minimum Gasteiger partial charge on any atom is -0.462 e. The topological polar surface area (TPSA) is 59.4 Å². The monoisotopic (exact) mass is 312 g/mol. The van der Waals surface area contributed by atoms with Crippen LogP contribution in [-0.2, 0) is 11.8 Å². The van der Waals surface area contributed by atoms with Gasteiger partial charge in [-0.15, -0.1) is 0 Å². The van der Waals surface area contributed by atoms with Crippen LogP contribution < -0.4 is 10.4 Å². The normalized spacial score (nSPS) is 14.0. The molecule has 0 bridgehead atoms. The Morgan fingerprint density at radius 2 is 2.26 bits per heavy atom. The van der Waals surface area contributed by atoms with Crippen molar-refractivity contribution in [3.05, 3.63) is 53.7 Å². The van der Waals surface area contributed by atoms with E-state index in [1.807, 2.05) is 48.1 Å². The van der Waals surface area contributed by atoms with Crippen LogP contribution in [0.1, 0.15) is 28.5 Å². The molecule has 6 heteroatoms. The first-order valence-electron chi connectivity index (χ1n) is 7.58. The molecule has 120 valence electrons. The predicted molar refractivity (Wildman–Crippen MR) is 88.8 cm³/mol. The molecule has 3 rings (SSSR count). The number of hydrogen-bond acceptors (Lipinski definition) is 5. The van der Waals surface area contributed by atoms with E-state index in [4.69, 9.17) is 4.74 Å². The highest BCUT2D eigenvalue weighted by Crippen LogP contribution is 2.26. The molecular weight excluding hydrogens is 292 g/mol. The number of carbonyl (C=O) groups is 1. The van der Waals surface area contributed by atoms with Gasteiger partial charge in [-0.3, -0.25) is 5.01 Å². The zero-order valence-corrected chi connectivity index (χ0v) is 13.5. The van der Waals surface area contributed by atoms with Crippen LogP contribution in [0.3, 0.4) is 0 Å². The van der Waals surface area contributed by atoms with Crippen molar-refractivity contribution >= 4 is 17.2 Å². The molecule has 0 saturated carbocycles. The minimum atomic E-state index is -0.302. The summed E-state index contributed by atoms with van der Waals surface area (Å²) < 4.78 is 7.06. The van der Waals surface area contributed by atoms with Gasteiger partial charge in [-0.2, -0.15) is 0 Å². The molecule has 0 fully saturated rings. The fraction of sp³-hybridized carbons (Fsp3) is 0.294. The summed E-state index contributed by atoms with van der Waals surface area (Å²) in [4.78, 5) is 16.1. The van der Waals surface area contributed by atoms with E-state index in [9.17, 15) is 4.79 Å². The third kappa shape index (κ3) is 2.98. The molecule has 0 aliphatic carbocycles. The van der Waals surface area contributed by atoms with E-state index in [2.05, 4.69) is 10.4 Å². The quantitative estimate of drug-likeness (QED) is 0.878. The number of hydrazine groups is 1. The van der Waals surface area contributed by atoms with Gasteiger partial charge in [0.2, 0.25) is 0 Å². The highest BCUT2D eigenvalue weighted by Gasteiger charge is 2.19. The van der Waals surface area contributed by atoms with Crippen LogP contribution in [-0.4, -0.2) is 28.7 Å². The van der Waals surface area contributed by atoms with Crippen LogP contribution in [0.15, 0.2) is 36.9 Å². The molecule has 23 heavy (non-hydrogen) atoms. The second-order valence-corrected chi connectivity index (χ2v) is 5.47. The van der Waals surface area contributed by atoms with E-state index in [-0.39, 0.29) is 5.97 Å². The number of nitrogens with zero attached hydrogens (tertiary/aromatic N) is 3. The van der Waals surface area contributed by atoms with Gasteiger partial charge in [-0.1, -0.05) is 6.07 Å². The molecule has 0 radical (unpaired) electrons. The van der Waals surface area contributed by atoms with E-state index < -0.39 is 0 Å². The van der Waals surface area contributed by atoms with E-state index >= 15 is 0 Å². The first-order valence-corrected chi connectivity index (χ1v) is 7.58. The van der Waals surface area contributed by atoms with Crippen molar-refractivity contribution in [2.75, 3.05) is 18.2 Å². The van der Waals surface area contributed by atoms with Gasteiger partial charge in [-0.05, 0) is 31.5 Å². The minimum absolute atomic E-state index is 0.302. The van der Waals surface area contributed by atoms with Gasteiger partial charge in [0.25, 0.3) is 0 Å². The number of rotatable bonds is 4. The second kappa shape index (κ2) is 6.26. The van der Waals surface area contributed by atoms with Crippen LogP contribution in [0.5, 0.6) is 0 Å². The predicted octanol–water partition coefficient (Wildman–Crippen LogP) is 2.27. The van der Waals surface area contributed by atoms with E-state index in [0.29, 0.717) is 18.7 Å². The highest BCUT2D eigenvalue weighted by molar-refractivity contribution is 5.91. The first kappa shape index (κ1) is 15.3. The number of nitrogens with one attached hydrogen (secondary N) is 1. The lowest BCUT2D eigenvalue weighted by atomic mass is 10.1. The highest BCUT2D eigenvalue weighted by atomic mass is 16.5. The molecule has 0 unspecified atom stereocenters. The van der Waals surface area contributed by atoms with Gasteiger partial charge in [0.1, 0.15) is 0 Å². The number of hydrogen-bond donors (Lipinski definition) is 1. The molecular formula is C17H20N4O2. The van der Waals surface area contributed by atoms with Crippen LogP contribution in [0.2, 0.25) is 0 Å². The fourth-order valence-electron chi connectivity index (χ4n) is 2.61. The Bertz CT molecular complexity index is 764. The summed E-state index contributed by atoms with van der Waals surface area (Å²) in [6.45, 7) is 4.90. The average molecular weight is 312 g/mol. The smallest absolute Gasteiger partial charge is 0.338 e. The number of benzene rings is 1. The molecule has 0 atom stereocenters. The lowest BCUT2D eigenvalue weighted by molar-refractivity contribution is 0.0526. The van der Waals surface area contributed by atoms with Gasteiger partial charge in [0.15, 0.2) is 0 Å². The van der Waals surface area contributed by atoms with E-state index in [0.717, 1.165) is 22.5 Å². The lowest BCUT2D eigenvalue weighted by Gasteiger charge is -2.19. The first-order chi connectivity index (χ1) is 11.1. The second-order valence-electron chi connectivity index (χ2n) is 5.47. The van der Waals surface area contributed by atoms with Gasteiger partial charge in [-0.25, -0.2) is 15.2 Å². The molecule has 0 amide bonds. The van der Waals surface area contributed by atoms with Crippen molar-refractivity contribution in [2.24, 2.45) is 7.05 Å². The van der Waals surface area contributed by atoms with Gasteiger partial charge >= 0.3 is 5.97 Å². The molecule has 1 aliphatic heterocycles. The summed E-state index contributed by atoms with van der Waals surface area (Å²) >= 11 is 0. The summed E-state index contributed by atoms with van der Waals surface area (Å²) in [5.41, 5.74) is 8.11. The van der Waals surface area contributed by atoms with Crippen LogP contribution in [0.4, 0.5) is 5.69 Å². The molecule has 1 aliphatic rings. The molecule has 2 heterocycles. The Hall–Kier alpha value is -2.60. The van der Waals surface area contributed by atoms with E-state index in [1.54, 1.807) is 19.3 Å². The Balaban J connectivity index is 1.90. The summed E-state index contributed by atoms with van der Waals surface area (Å²) in [5.74, 6) is -0.302. The van der Waals surface area contributed by atoms with Crippen molar-refractivity contribution in [1.82, 2.24) is 15.0 Å². The molecule has 0 spiro atoms. The third-order valence-corrected chi connectivity index (χ3v) is 3.85. The zero-order valence-electron chi connectivity index (χ0n) is 13.5. The average Bonchev–Trinajstić information content (AvgIpc) is 3.16. The van der Waals surface area contributed by atoms with Crippen molar-refractivity contribution in [1.29, 1.82) is 0 Å². The number of imidazole rings is 1. The maximum absolute atomic E-state index is 11.9. The number of anilines is 1. The summed E-state index contributed by atoms with van der Waals surface area (Å²) in [7, 11) is 1.97. The molecule has 0 saturated heterocycles. The van der Waals surface area contributed by atoms with Crippen molar-refractivity contribution < 1.29 is 9.53 Å². The molecule has 1 N–H and O–H groups in total. The lowest BCUT2D eigenvalue weighted by Crippen LogP contribution is -2.29. The van der Waals surface area contributed by atoms with Crippen molar-refractivity contribution in [2.45, 2.75) is 13.8 Å². The molecule has 2 aromatic rings.